The first-order chi connectivity index (χ1) is 26.7. The van der Waals surface area contributed by atoms with E-state index in [2.05, 4.69) is 31.5 Å². The number of imide groups is 1. The molecule has 0 unspecified atom stereocenters. The first kappa shape index (κ1) is 42.6. The number of thioether (sulfide) groups is 2. The zero-order valence-electron chi connectivity index (χ0n) is 28.9. The van der Waals surface area contributed by atoms with Crippen LogP contribution in [0.4, 0.5) is 20.1 Å². The molecule has 0 spiro atoms. The van der Waals surface area contributed by atoms with Crippen LogP contribution in [0, 0.1) is 0 Å². The number of fused-ring (bicyclic) bond motifs is 1. The highest BCUT2D eigenvalue weighted by Crippen LogP contribution is 2.41. The Labute approximate surface area is 329 Å². The number of hydrogen-bond donors (Lipinski definition) is 7. The van der Waals surface area contributed by atoms with Crippen molar-refractivity contribution in [2.45, 2.75) is 34.5 Å². The van der Waals surface area contributed by atoms with E-state index in [1.165, 1.54) is 24.3 Å². The van der Waals surface area contributed by atoms with Crippen molar-refractivity contribution in [2.24, 2.45) is 5.73 Å². The number of benzene rings is 1. The zero-order valence-corrected chi connectivity index (χ0v) is 32.2. The SMILES string of the molecule is CS(=O)(=O)N1CCN(C(=O)N[C@@H](C(=O)N[C@@H]2C(=O)N3C(C(=O)O)=C(CSc4nnnn4CS(=O)(=O)O)CS[C@@H]23)c2ccc(NC(=O)OC[C@@H](N)C(=O)O)cc2)C1=O. The molecule has 4 atom stereocenters. The van der Waals surface area contributed by atoms with Gasteiger partial charge in [0.25, 0.3) is 16.0 Å². The third-order valence-corrected chi connectivity index (χ3v) is 12.1. The minimum atomic E-state index is -4.52. The molecule has 3 aliphatic heterocycles. The van der Waals surface area contributed by atoms with Gasteiger partial charge in [0.1, 0.15) is 35.8 Å². The van der Waals surface area contributed by atoms with Crippen molar-refractivity contribution in [1.82, 2.24) is 44.9 Å². The fraction of sp³-hybridized carbons (Fsp3) is 0.407. The van der Waals surface area contributed by atoms with E-state index < -0.39 is 104 Å². The van der Waals surface area contributed by atoms with Crippen LogP contribution in [0.15, 0.2) is 40.7 Å². The number of carbonyl (C=O) groups is 7. The maximum absolute atomic E-state index is 13.9. The molecule has 1 aromatic carbocycles. The molecule has 1 aromatic heterocycles. The smallest absolute Gasteiger partial charge is 0.411 e. The number of sulfonamides is 1. The van der Waals surface area contributed by atoms with E-state index in [9.17, 15) is 55.5 Å². The van der Waals surface area contributed by atoms with E-state index in [4.69, 9.17) is 20.1 Å². The van der Waals surface area contributed by atoms with Gasteiger partial charge < -0.3 is 31.3 Å². The van der Waals surface area contributed by atoms with Crippen LogP contribution in [0.1, 0.15) is 11.6 Å². The van der Waals surface area contributed by atoms with Gasteiger partial charge in [0.05, 0.1) is 19.3 Å². The first-order valence-electron chi connectivity index (χ1n) is 15.8. The molecule has 7 amide bonds. The average Bonchev–Trinajstić information content (AvgIpc) is 3.75. The molecular formula is C27H31N11O15S4. The second-order valence-electron chi connectivity index (χ2n) is 12.1. The molecule has 0 aliphatic carbocycles. The van der Waals surface area contributed by atoms with Gasteiger partial charge in [-0.05, 0) is 33.7 Å². The van der Waals surface area contributed by atoms with Crippen molar-refractivity contribution in [2.75, 3.05) is 42.8 Å². The van der Waals surface area contributed by atoms with Crippen LogP contribution in [0.2, 0.25) is 0 Å². The summed E-state index contributed by atoms with van der Waals surface area (Å²) in [4.78, 5) is 90.3. The molecule has 5 rings (SSSR count). The monoisotopic (exact) mass is 877 g/mol. The molecule has 0 radical (unpaired) electrons. The highest BCUT2D eigenvalue weighted by atomic mass is 32.2. The lowest BCUT2D eigenvalue weighted by atomic mass is 10.0. The standard InChI is InChI=1S/C27H31N11O15S4/c1-56(48,49)37-7-6-35(27(37)47)24(45)31-16(12-2-4-14(5-3-12)29-26(46)53-8-15(28)22(41)42)19(39)30-17-20(40)38-18(23(43)44)13(9-54-21(17)38)10-55-25-32-33-34-36(25)11-57(50,51)52/h2-5,15-17,21H,6-11,28H2,1H3,(H,29,46)(H,30,39)(H,31,45)(H,41,42)(H,43,44)(H,50,51,52)/t15-,16-,17-,21+/m1/s1. The molecule has 26 nitrogen and oxygen atoms in total. The van der Waals surface area contributed by atoms with Crippen LogP contribution < -0.4 is 21.7 Å². The number of anilines is 1. The topological polar surface area (TPSA) is 373 Å². The summed E-state index contributed by atoms with van der Waals surface area (Å²) < 4.78 is 61.7. The Kier molecular flexibility index (Phi) is 12.6. The highest BCUT2D eigenvalue weighted by Gasteiger charge is 2.54. The largest absolute Gasteiger partial charge is 0.480 e. The number of tetrazole rings is 1. The Hall–Kier alpha value is -5.56. The Morgan fingerprint density at radius 3 is 2.37 bits per heavy atom. The summed E-state index contributed by atoms with van der Waals surface area (Å²) in [5.41, 5.74) is 5.24. The maximum Gasteiger partial charge on any atom is 0.411 e. The summed E-state index contributed by atoms with van der Waals surface area (Å²) in [7, 11) is -8.56. The van der Waals surface area contributed by atoms with E-state index >= 15 is 0 Å². The van der Waals surface area contributed by atoms with Crippen LogP contribution in [0.5, 0.6) is 0 Å². The normalized spacial score (nSPS) is 19.3. The number of nitrogens with zero attached hydrogens (tertiary/aromatic N) is 7. The van der Waals surface area contributed by atoms with Crippen molar-refractivity contribution in [3.8, 4) is 0 Å². The second-order valence-corrected chi connectivity index (χ2v) is 17.4. The number of hydrogen-bond acceptors (Lipinski definition) is 18. The number of carbonyl (C=O) groups excluding carboxylic acids is 5. The third-order valence-electron chi connectivity index (χ3n) is 8.06. The van der Waals surface area contributed by atoms with Crippen molar-refractivity contribution >= 4 is 91.3 Å². The number of nitrogens with two attached hydrogens (primary N) is 1. The quantitative estimate of drug-likeness (QED) is 0.0550. The molecule has 308 valence electrons. The van der Waals surface area contributed by atoms with Crippen LogP contribution in [-0.4, -0.2) is 163 Å². The van der Waals surface area contributed by atoms with E-state index in [0.29, 0.717) is 9.21 Å². The number of amides is 7. The van der Waals surface area contributed by atoms with Crippen LogP contribution >= 0.6 is 23.5 Å². The van der Waals surface area contributed by atoms with Gasteiger partial charge in [0.2, 0.25) is 21.1 Å². The van der Waals surface area contributed by atoms with Gasteiger partial charge in [-0.1, -0.05) is 23.9 Å². The Morgan fingerprint density at radius 2 is 1.77 bits per heavy atom. The number of carboxylic acids is 2. The molecule has 2 saturated heterocycles. The summed E-state index contributed by atoms with van der Waals surface area (Å²) in [6, 6.07) is -1.77. The molecule has 3 aliphatic rings. The van der Waals surface area contributed by atoms with E-state index in [-0.39, 0.29) is 46.6 Å². The van der Waals surface area contributed by atoms with Gasteiger partial charge in [-0.3, -0.25) is 29.2 Å². The van der Waals surface area contributed by atoms with Crippen LogP contribution in [0.3, 0.4) is 0 Å². The predicted molar refractivity (Wildman–Crippen MR) is 192 cm³/mol. The average molecular weight is 878 g/mol. The number of nitrogens with one attached hydrogen (secondary N) is 3. The molecule has 0 saturated carbocycles. The van der Waals surface area contributed by atoms with E-state index in [1.54, 1.807) is 0 Å². The van der Waals surface area contributed by atoms with Gasteiger partial charge in [0.15, 0.2) is 5.88 Å². The lowest BCUT2D eigenvalue weighted by Gasteiger charge is -2.49. The van der Waals surface area contributed by atoms with Gasteiger partial charge >= 0.3 is 30.1 Å². The lowest BCUT2D eigenvalue weighted by Crippen LogP contribution is -2.71. The number of urea groups is 2. The number of aliphatic carboxylic acids is 2. The van der Waals surface area contributed by atoms with Gasteiger partial charge in [0, 0.05) is 17.2 Å². The Morgan fingerprint density at radius 1 is 1.09 bits per heavy atom. The summed E-state index contributed by atoms with van der Waals surface area (Å²) in [6.45, 7) is -1.37. The summed E-state index contributed by atoms with van der Waals surface area (Å²) in [5.74, 6) is -5.82. The molecule has 4 heterocycles. The summed E-state index contributed by atoms with van der Waals surface area (Å²) >= 11 is 1.91. The predicted octanol–water partition coefficient (Wildman–Crippen LogP) is -2.54. The number of ether oxygens (including phenoxy) is 1. The molecule has 30 heteroatoms. The van der Waals surface area contributed by atoms with Gasteiger partial charge in [-0.25, -0.2) is 41.5 Å². The summed E-state index contributed by atoms with van der Waals surface area (Å²) in [6.07, 6.45) is -0.307. The zero-order chi connectivity index (χ0) is 42.0. The van der Waals surface area contributed by atoms with Crippen LogP contribution in [-0.2, 0) is 49.9 Å². The number of aromatic nitrogens is 4. The second kappa shape index (κ2) is 16.9. The number of rotatable bonds is 15. The minimum Gasteiger partial charge on any atom is -0.480 e. The molecule has 57 heavy (non-hydrogen) atoms. The van der Waals surface area contributed by atoms with Crippen molar-refractivity contribution < 1.29 is 69.9 Å². The fourth-order valence-corrected chi connectivity index (χ4v) is 9.10. The third kappa shape index (κ3) is 9.88. The molecule has 8 N–H and O–H groups in total. The van der Waals surface area contributed by atoms with E-state index in [0.717, 1.165) is 39.4 Å². The van der Waals surface area contributed by atoms with Gasteiger partial charge in [-0.2, -0.15) is 8.42 Å². The molecule has 0 bridgehead atoms. The Balaban J connectivity index is 1.32. The van der Waals surface area contributed by atoms with Crippen molar-refractivity contribution in [3.63, 3.8) is 0 Å². The molecular weight excluding hydrogens is 847 g/mol. The van der Waals surface area contributed by atoms with Crippen LogP contribution in [0.25, 0.3) is 0 Å². The minimum absolute atomic E-state index is 0.0164. The highest BCUT2D eigenvalue weighted by molar-refractivity contribution is 8.01. The van der Waals surface area contributed by atoms with Gasteiger partial charge in [-0.15, -0.1) is 16.9 Å². The fourth-order valence-electron chi connectivity index (χ4n) is 5.38. The van der Waals surface area contributed by atoms with Crippen molar-refractivity contribution in [3.05, 3.63) is 41.1 Å². The summed E-state index contributed by atoms with van der Waals surface area (Å²) in [5, 5.41) is 35.5. The maximum atomic E-state index is 13.9. The molecule has 2 aromatic rings. The first-order valence-corrected chi connectivity index (χ1v) is 21.3. The lowest BCUT2D eigenvalue weighted by molar-refractivity contribution is -0.151. The number of β-lactam (4-membered cyclic amide) rings is 1. The number of carboxylic acid groups (broad SMARTS) is 2. The van der Waals surface area contributed by atoms with E-state index in [1.807, 2.05) is 0 Å². The molecule has 2 fully saturated rings. The Bertz CT molecular complexity index is 2250. The van der Waals surface area contributed by atoms with Crippen molar-refractivity contribution in [1.29, 1.82) is 0 Å².